The van der Waals surface area contributed by atoms with Crippen molar-refractivity contribution in [3.05, 3.63) is 65.0 Å². The zero-order valence-electron chi connectivity index (χ0n) is 15.5. The minimum absolute atomic E-state index is 0.0415. The lowest BCUT2D eigenvalue weighted by Crippen LogP contribution is -2.22. The summed E-state index contributed by atoms with van der Waals surface area (Å²) in [6.45, 7) is 2.03. The molecule has 0 aliphatic carbocycles. The number of imidazole rings is 1. The van der Waals surface area contributed by atoms with E-state index in [9.17, 15) is 14.4 Å². The Morgan fingerprint density at radius 3 is 2.45 bits per heavy atom. The molecule has 10 heteroatoms. The quantitative estimate of drug-likeness (QED) is 0.411. The number of nitrogens with one attached hydrogen (secondary N) is 3. The number of furan rings is 1. The van der Waals surface area contributed by atoms with Gasteiger partial charge in [0.25, 0.3) is 5.91 Å². The van der Waals surface area contributed by atoms with E-state index < -0.39 is 17.9 Å². The number of rotatable bonds is 7. The van der Waals surface area contributed by atoms with E-state index in [1.54, 1.807) is 12.1 Å². The Bertz CT molecular complexity index is 1050. The molecule has 1 aromatic carbocycles. The van der Waals surface area contributed by atoms with Crippen LogP contribution in [0, 0.1) is 0 Å². The molecular formula is C19H19N5O5. The molecule has 0 aliphatic rings. The molecule has 0 saturated carbocycles. The summed E-state index contributed by atoms with van der Waals surface area (Å²) in [6, 6.07) is 9.51. The number of aromatic carboxylic acids is 1. The van der Waals surface area contributed by atoms with Crippen molar-refractivity contribution in [3.63, 3.8) is 0 Å². The Balaban J connectivity index is 1.72. The predicted molar refractivity (Wildman–Crippen MR) is 104 cm³/mol. The summed E-state index contributed by atoms with van der Waals surface area (Å²) in [5.41, 5.74) is 6.97. The van der Waals surface area contributed by atoms with E-state index in [-0.39, 0.29) is 29.5 Å². The maximum Gasteiger partial charge on any atom is 0.371 e. The molecule has 29 heavy (non-hydrogen) atoms. The molecule has 0 spiro atoms. The van der Waals surface area contributed by atoms with Crippen LogP contribution in [0.4, 0.5) is 16.3 Å². The Hall–Kier alpha value is -4.08. The molecule has 0 radical (unpaired) electrons. The first-order valence-electron chi connectivity index (χ1n) is 8.73. The molecule has 3 aromatic rings. The number of primary amides is 1. The van der Waals surface area contributed by atoms with Crippen LogP contribution in [-0.2, 0) is 12.8 Å². The number of H-pyrrole nitrogens is 1. The summed E-state index contributed by atoms with van der Waals surface area (Å²) in [5, 5.41) is 14.0. The van der Waals surface area contributed by atoms with Gasteiger partial charge in [-0.05, 0) is 36.2 Å². The van der Waals surface area contributed by atoms with Crippen LogP contribution in [0.1, 0.15) is 45.1 Å². The second-order valence-electron chi connectivity index (χ2n) is 6.15. The van der Waals surface area contributed by atoms with E-state index in [1.807, 2.05) is 19.1 Å². The number of hydrogen-bond acceptors (Lipinski definition) is 5. The van der Waals surface area contributed by atoms with Crippen LogP contribution in [0.5, 0.6) is 0 Å². The summed E-state index contributed by atoms with van der Waals surface area (Å²) in [6.07, 6.45) is 0.962. The summed E-state index contributed by atoms with van der Waals surface area (Å²) >= 11 is 0. The number of nitrogens with zero attached hydrogens (tertiary/aromatic N) is 1. The summed E-state index contributed by atoms with van der Waals surface area (Å²) in [5.74, 6) is -1.67. The van der Waals surface area contributed by atoms with Gasteiger partial charge in [0.15, 0.2) is 5.82 Å². The third-order valence-corrected chi connectivity index (χ3v) is 4.07. The highest BCUT2D eigenvalue weighted by Crippen LogP contribution is 2.17. The number of carbonyl (C=O) groups excluding carboxylic acids is 2. The number of amides is 3. The predicted octanol–water partition coefficient (Wildman–Crippen LogP) is 2.60. The van der Waals surface area contributed by atoms with Crippen molar-refractivity contribution in [2.45, 2.75) is 19.8 Å². The van der Waals surface area contributed by atoms with Crippen molar-refractivity contribution in [1.29, 1.82) is 0 Å². The number of aryl methyl sites for hydroxylation is 1. The van der Waals surface area contributed by atoms with Crippen molar-refractivity contribution in [3.8, 4) is 0 Å². The van der Waals surface area contributed by atoms with Gasteiger partial charge in [0, 0.05) is 5.69 Å². The van der Waals surface area contributed by atoms with Gasteiger partial charge in [0.05, 0.1) is 6.42 Å². The number of carboxylic acid groups (broad SMARTS) is 1. The van der Waals surface area contributed by atoms with Crippen LogP contribution >= 0.6 is 0 Å². The molecule has 3 rings (SSSR count). The highest BCUT2D eigenvalue weighted by atomic mass is 16.4. The van der Waals surface area contributed by atoms with Gasteiger partial charge in [-0.1, -0.05) is 19.1 Å². The Kier molecular flexibility index (Phi) is 5.63. The summed E-state index contributed by atoms with van der Waals surface area (Å²) in [7, 11) is 0. The molecule has 2 heterocycles. The smallest absolute Gasteiger partial charge is 0.371 e. The summed E-state index contributed by atoms with van der Waals surface area (Å²) < 4.78 is 5.16. The Morgan fingerprint density at radius 1 is 1.14 bits per heavy atom. The molecular weight excluding hydrogens is 378 g/mol. The molecule has 0 unspecified atom stereocenters. The molecule has 0 fully saturated rings. The molecule has 6 N–H and O–H groups in total. The third-order valence-electron chi connectivity index (χ3n) is 4.07. The molecule has 150 valence electrons. The maximum absolute atomic E-state index is 12.2. The van der Waals surface area contributed by atoms with Crippen LogP contribution in [0.3, 0.4) is 0 Å². The lowest BCUT2D eigenvalue weighted by atomic mass is 10.1. The first-order chi connectivity index (χ1) is 13.9. The van der Waals surface area contributed by atoms with E-state index in [0.29, 0.717) is 11.4 Å². The van der Waals surface area contributed by atoms with Crippen molar-refractivity contribution < 1.29 is 23.9 Å². The first kappa shape index (κ1) is 19.7. The minimum atomic E-state index is -1.19. The Labute approximate surface area is 165 Å². The number of hydrogen-bond donors (Lipinski definition) is 5. The number of benzene rings is 1. The van der Waals surface area contributed by atoms with Crippen molar-refractivity contribution in [2.24, 2.45) is 5.73 Å². The number of anilines is 2. The van der Waals surface area contributed by atoms with Gasteiger partial charge in [-0.15, -0.1) is 0 Å². The number of carbonyl (C=O) groups is 3. The second kappa shape index (κ2) is 8.30. The van der Waals surface area contributed by atoms with E-state index in [0.717, 1.165) is 12.0 Å². The fourth-order valence-corrected chi connectivity index (χ4v) is 2.62. The summed E-state index contributed by atoms with van der Waals surface area (Å²) in [4.78, 5) is 41.7. The van der Waals surface area contributed by atoms with E-state index in [1.165, 1.54) is 12.1 Å². The third kappa shape index (κ3) is 4.80. The van der Waals surface area contributed by atoms with E-state index in [4.69, 9.17) is 15.3 Å². The van der Waals surface area contributed by atoms with Crippen molar-refractivity contribution >= 4 is 29.4 Å². The number of carboxylic acids is 1. The molecule has 0 atom stereocenters. The fourth-order valence-electron chi connectivity index (χ4n) is 2.62. The molecule has 10 nitrogen and oxygen atoms in total. The van der Waals surface area contributed by atoms with Gasteiger partial charge in [-0.2, -0.15) is 0 Å². The highest BCUT2D eigenvalue weighted by Gasteiger charge is 2.19. The minimum Gasteiger partial charge on any atom is -0.475 e. The fraction of sp³-hybridized carbons (Fsp3) is 0.158. The van der Waals surface area contributed by atoms with Gasteiger partial charge in [0.1, 0.15) is 17.3 Å². The van der Waals surface area contributed by atoms with Gasteiger partial charge in [-0.25, -0.2) is 14.6 Å². The van der Waals surface area contributed by atoms with Gasteiger partial charge < -0.3 is 25.6 Å². The van der Waals surface area contributed by atoms with Gasteiger partial charge >= 0.3 is 12.0 Å². The molecule has 0 bridgehead atoms. The highest BCUT2D eigenvalue weighted by molar-refractivity contribution is 6.04. The van der Waals surface area contributed by atoms with E-state index in [2.05, 4.69) is 20.6 Å². The molecule has 0 saturated heterocycles. The SMILES string of the molecule is CCc1ccc(NC(=O)Nc2nc(Cc3ccc(C(=O)O)o3)[nH]c2C(N)=O)cc1. The number of nitrogens with two attached hydrogens (primary N) is 1. The van der Waals surface area contributed by atoms with Crippen LogP contribution in [-0.4, -0.2) is 33.0 Å². The lowest BCUT2D eigenvalue weighted by Gasteiger charge is -2.07. The zero-order valence-corrected chi connectivity index (χ0v) is 15.5. The maximum atomic E-state index is 12.2. The molecule has 2 aromatic heterocycles. The van der Waals surface area contributed by atoms with Crippen molar-refractivity contribution in [2.75, 3.05) is 10.6 Å². The van der Waals surface area contributed by atoms with Crippen LogP contribution in [0.25, 0.3) is 0 Å². The monoisotopic (exact) mass is 397 g/mol. The second-order valence-corrected chi connectivity index (χ2v) is 6.15. The molecule has 3 amide bonds. The lowest BCUT2D eigenvalue weighted by molar-refractivity contribution is 0.0660. The number of urea groups is 1. The number of aromatic amines is 1. The first-order valence-corrected chi connectivity index (χ1v) is 8.73. The standard InChI is InChI=1S/C19H19N5O5/c1-2-10-3-5-11(6-4-10)21-19(28)24-17-15(16(20)25)22-14(23-17)9-12-7-8-13(29-12)18(26)27/h3-8H,2,9H2,1H3,(H2,20,25)(H,22,23)(H,26,27)(H2,21,24,28). The average molecular weight is 397 g/mol. The van der Waals surface area contributed by atoms with Crippen LogP contribution in [0.2, 0.25) is 0 Å². The van der Waals surface area contributed by atoms with Crippen LogP contribution in [0.15, 0.2) is 40.8 Å². The van der Waals surface area contributed by atoms with E-state index >= 15 is 0 Å². The normalized spacial score (nSPS) is 10.5. The average Bonchev–Trinajstić information content (AvgIpc) is 3.30. The molecule has 0 aliphatic heterocycles. The largest absolute Gasteiger partial charge is 0.475 e. The topological polar surface area (TPSA) is 163 Å². The zero-order chi connectivity index (χ0) is 21.0. The number of aromatic nitrogens is 2. The van der Waals surface area contributed by atoms with Crippen molar-refractivity contribution in [1.82, 2.24) is 9.97 Å². The van der Waals surface area contributed by atoms with Gasteiger partial charge in [-0.3, -0.25) is 10.1 Å². The van der Waals surface area contributed by atoms with Gasteiger partial charge in [0.2, 0.25) is 5.76 Å². The Morgan fingerprint density at radius 2 is 1.86 bits per heavy atom. The van der Waals surface area contributed by atoms with Crippen LogP contribution < -0.4 is 16.4 Å².